The molecule has 0 fully saturated rings. The van der Waals surface area contributed by atoms with Crippen LogP contribution in [0.15, 0.2) is 40.7 Å². The highest BCUT2D eigenvalue weighted by Crippen LogP contribution is 2.46. The van der Waals surface area contributed by atoms with Crippen molar-refractivity contribution in [3.8, 4) is 0 Å². The third kappa shape index (κ3) is 4.37. The van der Waals surface area contributed by atoms with Crippen molar-refractivity contribution in [3.63, 3.8) is 0 Å². The molecule has 2 aliphatic rings. The Morgan fingerprint density at radius 2 is 2.13 bits per heavy atom. The molecule has 0 saturated carbocycles. The van der Waals surface area contributed by atoms with Gasteiger partial charge < -0.3 is 5.32 Å². The van der Waals surface area contributed by atoms with Gasteiger partial charge in [0, 0.05) is 35.6 Å². The summed E-state index contributed by atoms with van der Waals surface area (Å²) in [6.45, 7) is 6.32. The lowest BCUT2D eigenvalue weighted by Crippen LogP contribution is -2.36. The number of non-ortho nitro benzene ring substituents is 1. The molecule has 1 aromatic carbocycles. The van der Waals surface area contributed by atoms with E-state index in [0.29, 0.717) is 35.1 Å². The van der Waals surface area contributed by atoms with Crippen LogP contribution in [-0.4, -0.2) is 31.2 Å². The normalized spacial score (nSPS) is 19.6. The first-order valence-electron chi connectivity index (χ1n) is 10.7. The summed E-state index contributed by atoms with van der Waals surface area (Å²) in [6, 6.07) is 5.95. The number of allylic oxidation sites excluding steroid dienone is 2. The van der Waals surface area contributed by atoms with Gasteiger partial charge in [-0.25, -0.2) is 4.68 Å². The van der Waals surface area contributed by atoms with Crippen molar-refractivity contribution in [2.24, 2.45) is 5.41 Å². The molecule has 2 aromatic rings. The van der Waals surface area contributed by atoms with Crippen molar-refractivity contribution in [2.75, 3.05) is 11.1 Å². The Bertz CT molecular complexity index is 1060. The van der Waals surface area contributed by atoms with Crippen molar-refractivity contribution >= 4 is 29.2 Å². The summed E-state index contributed by atoms with van der Waals surface area (Å²) in [5.74, 6) is 1.56. The number of nitro groups is 1. The van der Waals surface area contributed by atoms with Crippen LogP contribution in [0.1, 0.15) is 64.5 Å². The van der Waals surface area contributed by atoms with E-state index < -0.39 is 11.0 Å². The zero-order valence-electron chi connectivity index (χ0n) is 18.1. The Kier molecular flexibility index (Phi) is 5.88. The van der Waals surface area contributed by atoms with Crippen molar-refractivity contribution in [1.29, 1.82) is 0 Å². The largest absolute Gasteiger partial charge is 0.328 e. The maximum absolute atomic E-state index is 13.2. The van der Waals surface area contributed by atoms with E-state index in [1.165, 1.54) is 12.1 Å². The number of thioether (sulfide) groups is 1. The molecule has 1 atom stereocenters. The van der Waals surface area contributed by atoms with Crippen LogP contribution in [0.5, 0.6) is 0 Å². The van der Waals surface area contributed by atoms with E-state index in [2.05, 4.69) is 31.1 Å². The Morgan fingerprint density at radius 1 is 1.32 bits per heavy atom. The van der Waals surface area contributed by atoms with Crippen LogP contribution in [0.3, 0.4) is 0 Å². The fourth-order valence-corrected chi connectivity index (χ4v) is 5.11. The number of anilines is 1. The predicted molar refractivity (Wildman–Crippen MR) is 120 cm³/mol. The standard InChI is InChI=1S/C22H27N5O3S/c1-4-5-6-10-31-21-24-20-23-16-12-22(2,3)13-17(28)18(16)19(26(20)25-21)14-8-7-9-15(11-14)27(29)30/h7-9,11,19H,4-6,10,12-13H2,1-3H3,(H,23,24,25). The molecule has 9 heteroatoms. The number of rotatable bonds is 7. The number of aromatic nitrogens is 3. The van der Waals surface area contributed by atoms with E-state index in [9.17, 15) is 14.9 Å². The van der Waals surface area contributed by atoms with Crippen LogP contribution >= 0.6 is 11.8 Å². The van der Waals surface area contributed by atoms with Crippen molar-refractivity contribution in [1.82, 2.24) is 14.8 Å². The van der Waals surface area contributed by atoms with Gasteiger partial charge in [0.05, 0.1) is 4.92 Å². The summed E-state index contributed by atoms with van der Waals surface area (Å²) in [7, 11) is 0. The number of nitrogens with one attached hydrogen (secondary N) is 1. The number of benzene rings is 1. The molecule has 164 valence electrons. The molecule has 2 heterocycles. The summed E-state index contributed by atoms with van der Waals surface area (Å²) in [5, 5.41) is 20.1. The van der Waals surface area contributed by atoms with Crippen molar-refractivity contribution in [3.05, 3.63) is 51.2 Å². The number of hydrogen-bond acceptors (Lipinski definition) is 7. The molecule has 0 saturated heterocycles. The molecule has 0 radical (unpaired) electrons. The van der Waals surface area contributed by atoms with Gasteiger partial charge >= 0.3 is 0 Å². The molecule has 31 heavy (non-hydrogen) atoms. The first-order valence-corrected chi connectivity index (χ1v) is 11.6. The number of unbranched alkanes of at least 4 members (excludes halogenated alkanes) is 2. The van der Waals surface area contributed by atoms with Crippen LogP contribution in [0.4, 0.5) is 11.6 Å². The Balaban J connectivity index is 1.77. The van der Waals surface area contributed by atoms with Gasteiger partial charge in [0.1, 0.15) is 6.04 Å². The fourth-order valence-electron chi connectivity index (χ4n) is 4.28. The third-order valence-electron chi connectivity index (χ3n) is 5.69. The Labute approximate surface area is 185 Å². The van der Waals surface area contributed by atoms with E-state index in [4.69, 9.17) is 5.10 Å². The molecular formula is C22H27N5O3S. The van der Waals surface area contributed by atoms with Crippen LogP contribution in [-0.2, 0) is 4.79 Å². The second kappa shape index (κ2) is 8.45. The number of hydrogen-bond donors (Lipinski definition) is 1. The number of Topliss-reactive ketones (excluding diaryl/α,β-unsaturated/α-hetero) is 1. The molecule has 0 bridgehead atoms. The molecule has 1 aliphatic heterocycles. The van der Waals surface area contributed by atoms with E-state index >= 15 is 0 Å². The monoisotopic (exact) mass is 441 g/mol. The summed E-state index contributed by atoms with van der Waals surface area (Å²) >= 11 is 1.60. The van der Waals surface area contributed by atoms with Gasteiger partial charge in [-0.2, -0.15) is 4.98 Å². The van der Waals surface area contributed by atoms with Crippen LogP contribution in [0.25, 0.3) is 0 Å². The molecule has 1 unspecified atom stereocenters. The van der Waals surface area contributed by atoms with Gasteiger partial charge in [0.25, 0.3) is 5.69 Å². The van der Waals surface area contributed by atoms with E-state index in [1.54, 1.807) is 22.5 Å². The Morgan fingerprint density at radius 3 is 2.87 bits per heavy atom. The van der Waals surface area contributed by atoms with Gasteiger partial charge in [-0.15, -0.1) is 5.10 Å². The quantitative estimate of drug-likeness (QED) is 0.275. The molecule has 0 spiro atoms. The summed E-state index contributed by atoms with van der Waals surface area (Å²) < 4.78 is 1.72. The minimum absolute atomic E-state index is 0.00222. The minimum atomic E-state index is -0.521. The van der Waals surface area contributed by atoms with Crippen LogP contribution in [0, 0.1) is 15.5 Å². The zero-order chi connectivity index (χ0) is 22.2. The number of nitrogens with zero attached hydrogens (tertiary/aromatic N) is 4. The predicted octanol–water partition coefficient (Wildman–Crippen LogP) is 5.13. The maximum Gasteiger partial charge on any atom is 0.269 e. The van der Waals surface area contributed by atoms with Gasteiger partial charge in [-0.1, -0.05) is 57.5 Å². The van der Waals surface area contributed by atoms with Crippen LogP contribution in [0.2, 0.25) is 0 Å². The number of carbonyl (C=O) groups is 1. The van der Waals surface area contributed by atoms with E-state index in [0.717, 1.165) is 30.7 Å². The van der Waals surface area contributed by atoms with E-state index in [-0.39, 0.29) is 16.9 Å². The first kappa shape index (κ1) is 21.5. The van der Waals surface area contributed by atoms with Crippen molar-refractivity contribution in [2.45, 2.75) is 64.1 Å². The van der Waals surface area contributed by atoms with Gasteiger partial charge in [0.15, 0.2) is 5.78 Å². The second-order valence-corrected chi connectivity index (χ2v) is 9.99. The lowest BCUT2D eigenvalue weighted by atomic mass is 9.73. The topological polar surface area (TPSA) is 103 Å². The van der Waals surface area contributed by atoms with Gasteiger partial charge in [-0.3, -0.25) is 14.9 Å². The average molecular weight is 442 g/mol. The smallest absolute Gasteiger partial charge is 0.269 e. The highest BCUT2D eigenvalue weighted by atomic mass is 32.2. The SMILES string of the molecule is CCCCCSc1nc2n(n1)C(c1cccc([N+](=O)[O-])c1)C1=C(CC(C)(C)CC1=O)N2. The molecule has 0 amide bonds. The number of carbonyl (C=O) groups excluding carboxylic acids is 1. The number of ketones is 1. The zero-order valence-corrected chi connectivity index (χ0v) is 18.9. The summed E-state index contributed by atoms with van der Waals surface area (Å²) in [4.78, 5) is 28.8. The molecule has 4 rings (SSSR count). The van der Waals surface area contributed by atoms with E-state index in [1.807, 2.05) is 6.07 Å². The number of fused-ring (bicyclic) bond motifs is 1. The van der Waals surface area contributed by atoms with Gasteiger partial charge in [-0.05, 0) is 23.8 Å². The summed E-state index contributed by atoms with van der Waals surface area (Å²) in [6.07, 6.45) is 4.55. The molecule has 8 nitrogen and oxygen atoms in total. The fraction of sp³-hybridized carbons (Fsp3) is 0.500. The van der Waals surface area contributed by atoms with Crippen molar-refractivity contribution < 1.29 is 9.72 Å². The Hall–Kier alpha value is -2.68. The summed E-state index contributed by atoms with van der Waals surface area (Å²) in [5.41, 5.74) is 2.00. The minimum Gasteiger partial charge on any atom is -0.328 e. The molecule has 1 aliphatic carbocycles. The highest BCUT2D eigenvalue weighted by molar-refractivity contribution is 7.99. The molecular weight excluding hydrogens is 414 g/mol. The van der Waals surface area contributed by atoms with Crippen LogP contribution < -0.4 is 5.32 Å². The highest BCUT2D eigenvalue weighted by Gasteiger charge is 2.42. The average Bonchev–Trinajstić information content (AvgIpc) is 3.11. The lowest BCUT2D eigenvalue weighted by molar-refractivity contribution is -0.384. The lowest BCUT2D eigenvalue weighted by Gasteiger charge is -2.38. The molecule has 1 aromatic heterocycles. The second-order valence-electron chi connectivity index (χ2n) is 8.93. The van der Waals surface area contributed by atoms with Gasteiger partial charge in [0.2, 0.25) is 11.1 Å². The third-order valence-corrected chi connectivity index (χ3v) is 6.61. The first-order chi connectivity index (χ1) is 14.8. The molecule has 1 N–H and O–H groups in total. The number of nitro benzene ring substituents is 1. The maximum atomic E-state index is 13.2.